The third-order valence-corrected chi connectivity index (χ3v) is 3.72. The molecule has 1 aromatic carbocycles. The molecule has 1 aromatic rings. The Kier molecular flexibility index (Phi) is 4.65. The number of rotatable bonds is 4. The number of aryl methyl sites for hydroxylation is 1. The van der Waals surface area contributed by atoms with Gasteiger partial charge in [-0.3, -0.25) is 4.79 Å². The van der Waals surface area contributed by atoms with E-state index in [1.54, 1.807) is 4.90 Å². The zero-order chi connectivity index (χ0) is 14.7. The molecule has 1 aliphatic rings. The fourth-order valence-corrected chi connectivity index (χ4v) is 2.49. The molecule has 110 valence electrons. The molecule has 1 heterocycles. The molecule has 1 atom stereocenters. The minimum atomic E-state index is 0.0224. The summed E-state index contributed by atoms with van der Waals surface area (Å²) in [5.41, 5.74) is 8.10. The largest absolute Gasteiger partial charge is 0.483 e. The highest BCUT2D eigenvalue weighted by molar-refractivity contribution is 5.78. The highest BCUT2D eigenvalue weighted by atomic mass is 16.5. The second kappa shape index (κ2) is 6.27. The Morgan fingerprint density at radius 3 is 2.85 bits per heavy atom. The van der Waals surface area contributed by atoms with Gasteiger partial charge in [-0.25, -0.2) is 0 Å². The van der Waals surface area contributed by atoms with Crippen molar-refractivity contribution in [2.75, 3.05) is 19.7 Å². The predicted molar refractivity (Wildman–Crippen MR) is 79.9 cm³/mol. The van der Waals surface area contributed by atoms with Gasteiger partial charge in [-0.15, -0.1) is 0 Å². The summed E-state index contributed by atoms with van der Waals surface area (Å²) in [6.45, 7) is 7.76. The average molecular weight is 276 g/mol. The van der Waals surface area contributed by atoms with Crippen LogP contribution in [0.5, 0.6) is 5.75 Å². The maximum absolute atomic E-state index is 12.1. The van der Waals surface area contributed by atoms with Gasteiger partial charge in [0.25, 0.3) is 5.91 Å². The Labute approximate surface area is 120 Å². The number of ether oxygens (including phenoxy) is 1. The molecule has 2 rings (SSSR count). The molecule has 0 aliphatic carbocycles. The number of benzene rings is 1. The fourth-order valence-electron chi connectivity index (χ4n) is 2.49. The molecule has 0 unspecified atom stereocenters. The predicted octanol–water partition coefficient (Wildman–Crippen LogP) is 2.06. The van der Waals surface area contributed by atoms with E-state index in [1.165, 1.54) is 0 Å². The number of hydrogen-bond acceptors (Lipinski definition) is 3. The van der Waals surface area contributed by atoms with E-state index in [9.17, 15) is 4.79 Å². The third kappa shape index (κ3) is 3.51. The summed E-state index contributed by atoms with van der Waals surface area (Å²) in [5, 5.41) is 0. The van der Waals surface area contributed by atoms with Crippen LogP contribution >= 0.6 is 0 Å². The Bertz CT molecular complexity index is 485. The zero-order valence-electron chi connectivity index (χ0n) is 12.6. The van der Waals surface area contributed by atoms with Crippen molar-refractivity contribution in [3.05, 3.63) is 29.3 Å². The first kappa shape index (κ1) is 14.9. The van der Waals surface area contributed by atoms with Crippen LogP contribution < -0.4 is 10.5 Å². The van der Waals surface area contributed by atoms with Gasteiger partial charge < -0.3 is 15.4 Å². The number of nitrogens with two attached hydrogens (primary N) is 1. The van der Waals surface area contributed by atoms with E-state index in [1.807, 2.05) is 13.0 Å². The van der Waals surface area contributed by atoms with Crippen LogP contribution in [0.3, 0.4) is 0 Å². The lowest BCUT2D eigenvalue weighted by Gasteiger charge is -2.18. The summed E-state index contributed by atoms with van der Waals surface area (Å²) < 4.78 is 5.76. The maximum Gasteiger partial charge on any atom is 0.260 e. The molecule has 1 amide bonds. The summed E-state index contributed by atoms with van der Waals surface area (Å²) in [4.78, 5) is 13.9. The molecule has 0 bridgehead atoms. The van der Waals surface area contributed by atoms with Gasteiger partial charge in [-0.05, 0) is 36.5 Å². The van der Waals surface area contributed by atoms with Gasteiger partial charge in [0.05, 0.1) is 0 Å². The summed E-state index contributed by atoms with van der Waals surface area (Å²) in [6, 6.07) is 6.26. The van der Waals surface area contributed by atoms with Crippen LogP contribution in [0.15, 0.2) is 18.2 Å². The molecule has 1 aliphatic heterocycles. The van der Waals surface area contributed by atoms with Crippen LogP contribution in [0, 0.1) is 6.92 Å². The number of hydrogen-bond donors (Lipinski definition) is 1. The molecule has 1 saturated heterocycles. The van der Waals surface area contributed by atoms with E-state index in [4.69, 9.17) is 10.5 Å². The number of carbonyl (C=O) groups is 1. The Balaban J connectivity index is 2.00. The van der Waals surface area contributed by atoms with Crippen molar-refractivity contribution in [3.8, 4) is 5.75 Å². The SMILES string of the molecule is Cc1ccc(C(C)C)c(OCC(=O)N2CC[C@@H](N)C2)c1. The quantitative estimate of drug-likeness (QED) is 0.915. The Hall–Kier alpha value is -1.55. The number of nitrogens with zero attached hydrogens (tertiary/aromatic N) is 1. The first-order chi connectivity index (χ1) is 9.47. The summed E-state index contributed by atoms with van der Waals surface area (Å²) in [6.07, 6.45) is 0.882. The van der Waals surface area contributed by atoms with Crippen LogP contribution in [0.25, 0.3) is 0 Å². The standard InChI is InChI=1S/C16H24N2O2/c1-11(2)14-5-4-12(3)8-15(14)20-10-16(19)18-7-6-13(17)9-18/h4-5,8,11,13H,6-7,9-10,17H2,1-3H3/t13-/m1/s1. The minimum Gasteiger partial charge on any atom is -0.483 e. The van der Waals surface area contributed by atoms with Gasteiger partial charge in [-0.2, -0.15) is 0 Å². The molecular weight excluding hydrogens is 252 g/mol. The van der Waals surface area contributed by atoms with Gasteiger partial charge in [0, 0.05) is 19.1 Å². The van der Waals surface area contributed by atoms with Crippen molar-refractivity contribution in [1.29, 1.82) is 0 Å². The van der Waals surface area contributed by atoms with Crippen molar-refractivity contribution < 1.29 is 9.53 Å². The second-order valence-electron chi connectivity index (χ2n) is 5.87. The normalized spacial score (nSPS) is 18.6. The molecule has 0 radical (unpaired) electrons. The molecule has 20 heavy (non-hydrogen) atoms. The van der Waals surface area contributed by atoms with Crippen LogP contribution in [0.4, 0.5) is 0 Å². The molecule has 4 heteroatoms. The van der Waals surface area contributed by atoms with Crippen molar-refractivity contribution >= 4 is 5.91 Å². The summed E-state index contributed by atoms with van der Waals surface area (Å²) >= 11 is 0. The Morgan fingerprint density at radius 1 is 1.50 bits per heavy atom. The maximum atomic E-state index is 12.1. The monoisotopic (exact) mass is 276 g/mol. The van der Waals surface area contributed by atoms with Gasteiger partial charge in [0.2, 0.25) is 0 Å². The van der Waals surface area contributed by atoms with E-state index in [0.29, 0.717) is 12.5 Å². The van der Waals surface area contributed by atoms with Gasteiger partial charge >= 0.3 is 0 Å². The Morgan fingerprint density at radius 2 is 2.25 bits per heavy atom. The zero-order valence-corrected chi connectivity index (χ0v) is 12.6. The first-order valence-corrected chi connectivity index (χ1v) is 7.24. The van der Waals surface area contributed by atoms with E-state index >= 15 is 0 Å². The highest BCUT2D eigenvalue weighted by Crippen LogP contribution is 2.27. The van der Waals surface area contributed by atoms with E-state index < -0.39 is 0 Å². The first-order valence-electron chi connectivity index (χ1n) is 7.24. The smallest absolute Gasteiger partial charge is 0.260 e. The average Bonchev–Trinajstić information content (AvgIpc) is 2.82. The lowest BCUT2D eigenvalue weighted by molar-refractivity contribution is -0.132. The highest BCUT2D eigenvalue weighted by Gasteiger charge is 2.24. The van der Waals surface area contributed by atoms with E-state index in [2.05, 4.69) is 26.0 Å². The second-order valence-corrected chi connectivity index (χ2v) is 5.87. The van der Waals surface area contributed by atoms with Crippen LogP contribution in [0.2, 0.25) is 0 Å². The number of likely N-dealkylation sites (tertiary alicyclic amines) is 1. The lowest BCUT2D eigenvalue weighted by atomic mass is 10.0. The van der Waals surface area contributed by atoms with Crippen LogP contribution in [-0.4, -0.2) is 36.5 Å². The molecule has 1 fully saturated rings. The van der Waals surface area contributed by atoms with Crippen molar-refractivity contribution in [3.63, 3.8) is 0 Å². The van der Waals surface area contributed by atoms with Gasteiger partial charge in [0.1, 0.15) is 5.75 Å². The van der Waals surface area contributed by atoms with Crippen molar-refractivity contribution in [1.82, 2.24) is 4.90 Å². The van der Waals surface area contributed by atoms with Crippen LogP contribution in [-0.2, 0) is 4.79 Å². The third-order valence-electron chi connectivity index (χ3n) is 3.72. The van der Waals surface area contributed by atoms with Crippen molar-refractivity contribution in [2.24, 2.45) is 5.73 Å². The van der Waals surface area contributed by atoms with Gasteiger partial charge in [0.15, 0.2) is 6.61 Å². The summed E-state index contributed by atoms with van der Waals surface area (Å²) in [7, 11) is 0. The van der Waals surface area contributed by atoms with Crippen molar-refractivity contribution in [2.45, 2.75) is 39.2 Å². The molecule has 0 aromatic heterocycles. The minimum absolute atomic E-state index is 0.0224. The number of amides is 1. The molecule has 0 spiro atoms. The van der Waals surface area contributed by atoms with Gasteiger partial charge in [-0.1, -0.05) is 26.0 Å². The number of carbonyl (C=O) groups excluding carboxylic acids is 1. The van der Waals surface area contributed by atoms with E-state index in [-0.39, 0.29) is 18.6 Å². The fraction of sp³-hybridized carbons (Fsp3) is 0.562. The van der Waals surface area contributed by atoms with Crippen LogP contribution in [0.1, 0.15) is 37.3 Å². The topological polar surface area (TPSA) is 55.6 Å². The molecule has 2 N–H and O–H groups in total. The molecule has 0 saturated carbocycles. The molecule has 4 nitrogen and oxygen atoms in total. The molecular formula is C16H24N2O2. The lowest BCUT2D eigenvalue weighted by Crippen LogP contribution is -2.35. The summed E-state index contributed by atoms with van der Waals surface area (Å²) in [5.74, 6) is 1.21. The van der Waals surface area contributed by atoms with E-state index in [0.717, 1.165) is 29.8 Å².